The molecule has 0 amide bonds. The molecule has 3 rings (SSSR count). The number of rotatable bonds is 2. The lowest BCUT2D eigenvalue weighted by molar-refractivity contribution is 0.205. The fourth-order valence-electron chi connectivity index (χ4n) is 2.31. The summed E-state index contributed by atoms with van der Waals surface area (Å²) in [6.45, 7) is 4.33. The Bertz CT molecular complexity index is 666. The quantitative estimate of drug-likeness (QED) is 0.814. The minimum atomic E-state index is 0.0512. The molecule has 2 heterocycles. The second-order valence-electron chi connectivity index (χ2n) is 5.89. The van der Waals surface area contributed by atoms with Crippen molar-refractivity contribution in [1.82, 2.24) is 15.0 Å². The van der Waals surface area contributed by atoms with E-state index in [2.05, 4.69) is 43.8 Å². The molecule has 1 aromatic rings. The largest absolute Gasteiger partial charge is 0.307 e. The summed E-state index contributed by atoms with van der Waals surface area (Å²) in [6.07, 6.45) is 19.0. The molecule has 0 saturated heterocycles. The van der Waals surface area contributed by atoms with Gasteiger partial charge in [0.2, 0.25) is 0 Å². The van der Waals surface area contributed by atoms with Gasteiger partial charge in [0.25, 0.3) is 0 Å². The Labute approximate surface area is 124 Å². The summed E-state index contributed by atoms with van der Waals surface area (Å²) in [5.41, 5.74) is 4.97. The molecule has 2 aliphatic rings. The van der Waals surface area contributed by atoms with E-state index >= 15 is 0 Å². The monoisotopic (exact) mass is 281 g/mol. The first kappa shape index (κ1) is 13.6. The summed E-state index contributed by atoms with van der Waals surface area (Å²) < 4.78 is 2.05. The molecule has 4 heteroatoms. The van der Waals surface area contributed by atoms with E-state index in [1.54, 1.807) is 0 Å². The van der Waals surface area contributed by atoms with Crippen molar-refractivity contribution < 1.29 is 5.21 Å². The first-order valence-corrected chi connectivity index (χ1v) is 7.03. The molecule has 0 radical (unpaired) electrons. The van der Waals surface area contributed by atoms with Gasteiger partial charge in [-0.25, -0.2) is 4.98 Å². The highest BCUT2D eigenvalue weighted by Crippen LogP contribution is 2.27. The summed E-state index contributed by atoms with van der Waals surface area (Å²) in [6, 6.07) is 0. The topological polar surface area (TPSA) is 50.1 Å². The molecular formula is C17H19N3O. The minimum absolute atomic E-state index is 0.0512. The smallest absolute Gasteiger partial charge is 0.137 e. The number of aromatic nitrogens is 2. The molecule has 0 fully saturated rings. The Balaban J connectivity index is 1.94. The van der Waals surface area contributed by atoms with Gasteiger partial charge in [0.1, 0.15) is 5.82 Å². The maximum Gasteiger partial charge on any atom is 0.137 e. The zero-order chi connectivity index (χ0) is 14.9. The van der Waals surface area contributed by atoms with Crippen molar-refractivity contribution in [1.29, 1.82) is 0 Å². The molecule has 108 valence electrons. The van der Waals surface area contributed by atoms with Crippen LogP contribution in [0.25, 0.3) is 17.8 Å². The van der Waals surface area contributed by atoms with Crippen LogP contribution in [-0.2, 0) is 0 Å². The first-order chi connectivity index (χ1) is 10.1. The van der Waals surface area contributed by atoms with E-state index in [0.717, 1.165) is 23.5 Å². The second kappa shape index (κ2) is 5.22. The van der Waals surface area contributed by atoms with E-state index in [1.165, 1.54) is 0 Å². The number of fused-ring (bicyclic) bond motifs is 1. The molecule has 0 bridgehead atoms. The Kier molecular flexibility index (Phi) is 3.39. The van der Waals surface area contributed by atoms with E-state index in [4.69, 9.17) is 10.2 Å². The normalized spacial score (nSPS) is 19.4. The van der Waals surface area contributed by atoms with Crippen molar-refractivity contribution in [3.8, 4) is 0 Å². The first-order valence-electron chi connectivity index (χ1n) is 7.03. The van der Waals surface area contributed by atoms with Gasteiger partial charge in [0.05, 0.1) is 11.4 Å². The molecule has 21 heavy (non-hydrogen) atoms. The van der Waals surface area contributed by atoms with Gasteiger partial charge < -0.3 is 4.57 Å². The van der Waals surface area contributed by atoms with Crippen LogP contribution in [0.3, 0.4) is 0 Å². The van der Waals surface area contributed by atoms with Crippen LogP contribution in [0.1, 0.15) is 31.8 Å². The van der Waals surface area contributed by atoms with Crippen LogP contribution >= 0.6 is 0 Å². The minimum Gasteiger partial charge on any atom is -0.307 e. The summed E-state index contributed by atoms with van der Waals surface area (Å²) >= 11 is 0. The van der Waals surface area contributed by atoms with Crippen LogP contribution in [-0.4, -0.2) is 14.8 Å². The third kappa shape index (κ3) is 2.90. The fraction of sp³-hybridized carbons (Fsp3) is 0.235. The predicted molar refractivity (Wildman–Crippen MR) is 85.1 cm³/mol. The van der Waals surface area contributed by atoms with E-state index in [1.807, 2.05) is 35.1 Å². The zero-order valence-electron chi connectivity index (χ0n) is 12.2. The number of allylic oxidation sites excluding steroid dienone is 7. The lowest BCUT2D eigenvalue weighted by Crippen LogP contribution is -2.02. The highest BCUT2D eigenvalue weighted by atomic mass is 16.5. The van der Waals surface area contributed by atoms with Crippen molar-refractivity contribution in [2.24, 2.45) is 5.41 Å². The van der Waals surface area contributed by atoms with Crippen LogP contribution in [0.2, 0.25) is 0 Å². The van der Waals surface area contributed by atoms with Crippen molar-refractivity contribution in [2.75, 3.05) is 0 Å². The molecule has 0 unspecified atom stereocenters. The Hall–Kier alpha value is -2.33. The maximum atomic E-state index is 8.95. The average Bonchev–Trinajstić information content (AvgIpc) is 2.63. The number of nitrogens with one attached hydrogen (secondary N) is 1. The van der Waals surface area contributed by atoms with Gasteiger partial charge in [-0.15, -0.1) is 0 Å². The van der Waals surface area contributed by atoms with E-state index in [0.29, 0.717) is 5.70 Å². The highest BCUT2D eigenvalue weighted by Gasteiger charge is 2.15. The number of hydroxylamine groups is 1. The lowest BCUT2D eigenvalue weighted by Gasteiger charge is -2.11. The summed E-state index contributed by atoms with van der Waals surface area (Å²) in [5.74, 6) is 0.936. The maximum absolute atomic E-state index is 8.95. The lowest BCUT2D eigenvalue weighted by atomic mass is 9.93. The second-order valence-corrected chi connectivity index (χ2v) is 5.89. The third-order valence-electron chi connectivity index (χ3n) is 3.64. The molecule has 0 aromatic carbocycles. The molecular weight excluding hydrogens is 262 g/mol. The summed E-state index contributed by atoms with van der Waals surface area (Å²) in [7, 11) is 0. The van der Waals surface area contributed by atoms with Crippen molar-refractivity contribution in [3.05, 3.63) is 59.9 Å². The fourth-order valence-corrected chi connectivity index (χ4v) is 2.31. The molecule has 0 saturated carbocycles. The zero-order valence-corrected chi connectivity index (χ0v) is 12.2. The van der Waals surface area contributed by atoms with Crippen LogP contribution in [0.5, 0.6) is 0 Å². The summed E-state index contributed by atoms with van der Waals surface area (Å²) in [4.78, 5) is 4.70. The molecule has 1 aromatic heterocycles. The molecule has 1 aliphatic heterocycles. The van der Waals surface area contributed by atoms with Gasteiger partial charge in [-0.1, -0.05) is 38.2 Å². The Morgan fingerprint density at radius 3 is 2.90 bits per heavy atom. The molecule has 2 N–H and O–H groups in total. The van der Waals surface area contributed by atoms with Gasteiger partial charge in [-0.2, -0.15) is 0 Å². The number of hydrogen-bond acceptors (Lipinski definition) is 3. The molecule has 0 spiro atoms. The van der Waals surface area contributed by atoms with Crippen LogP contribution in [0.4, 0.5) is 0 Å². The predicted octanol–water partition coefficient (Wildman–Crippen LogP) is 3.61. The van der Waals surface area contributed by atoms with Gasteiger partial charge >= 0.3 is 0 Å². The van der Waals surface area contributed by atoms with Gasteiger partial charge in [0, 0.05) is 17.8 Å². The summed E-state index contributed by atoms with van der Waals surface area (Å²) in [5, 5.41) is 8.95. The SMILES string of the molecule is CC1(C)C=Cc2nc(C3=CC=C(NO)C=CC3)cn2C=C1. The highest BCUT2D eigenvalue weighted by molar-refractivity contribution is 5.68. The van der Waals surface area contributed by atoms with Crippen LogP contribution in [0, 0.1) is 5.41 Å². The number of imidazole rings is 1. The molecule has 4 nitrogen and oxygen atoms in total. The van der Waals surface area contributed by atoms with Gasteiger partial charge in [-0.05, 0) is 30.2 Å². The van der Waals surface area contributed by atoms with Crippen LogP contribution < -0.4 is 5.48 Å². The van der Waals surface area contributed by atoms with E-state index < -0.39 is 0 Å². The molecule has 0 atom stereocenters. The Morgan fingerprint density at radius 1 is 1.24 bits per heavy atom. The van der Waals surface area contributed by atoms with Gasteiger partial charge in [0.15, 0.2) is 0 Å². The van der Waals surface area contributed by atoms with Crippen LogP contribution in [0.15, 0.2) is 48.4 Å². The van der Waals surface area contributed by atoms with E-state index in [-0.39, 0.29) is 5.41 Å². The Morgan fingerprint density at radius 2 is 2.10 bits per heavy atom. The van der Waals surface area contributed by atoms with Crippen molar-refractivity contribution >= 4 is 17.8 Å². The average molecular weight is 281 g/mol. The number of hydrogen-bond donors (Lipinski definition) is 2. The van der Waals surface area contributed by atoms with E-state index in [9.17, 15) is 0 Å². The number of nitrogens with zero attached hydrogens (tertiary/aromatic N) is 2. The standard InChI is InChI=1S/C17H19N3O/c1-17(2)9-8-16-18-15(12-20(16)11-10-17)13-4-3-5-14(19-21)7-6-13/h3,5-12,19,21H,4H2,1-2H3. The van der Waals surface area contributed by atoms with Crippen molar-refractivity contribution in [2.45, 2.75) is 20.3 Å². The third-order valence-corrected chi connectivity index (χ3v) is 3.64. The van der Waals surface area contributed by atoms with Crippen molar-refractivity contribution in [3.63, 3.8) is 0 Å². The molecule has 1 aliphatic carbocycles. The van der Waals surface area contributed by atoms with Gasteiger partial charge in [-0.3, -0.25) is 10.7 Å².